The zero-order valence-corrected chi connectivity index (χ0v) is 22.6. The van der Waals surface area contributed by atoms with Crippen LogP contribution in [0.3, 0.4) is 0 Å². The maximum absolute atomic E-state index is 11.6. The minimum absolute atomic E-state index is 0.147. The van der Waals surface area contributed by atoms with Crippen molar-refractivity contribution in [2.75, 3.05) is 5.32 Å². The number of nitrogens with zero attached hydrogens (tertiary/aromatic N) is 5. The predicted molar refractivity (Wildman–Crippen MR) is 160 cm³/mol. The zero-order valence-electron chi connectivity index (χ0n) is 22.6. The molecule has 0 spiro atoms. The molecule has 3 aromatic carbocycles. The first-order valence-corrected chi connectivity index (χ1v) is 13.2. The highest BCUT2D eigenvalue weighted by Crippen LogP contribution is 2.36. The van der Waals surface area contributed by atoms with Crippen molar-refractivity contribution in [1.82, 2.24) is 19.7 Å². The van der Waals surface area contributed by atoms with Gasteiger partial charge in [0, 0.05) is 35.0 Å². The van der Waals surface area contributed by atoms with Crippen LogP contribution in [0.5, 0.6) is 0 Å². The fourth-order valence-corrected chi connectivity index (χ4v) is 4.68. The van der Waals surface area contributed by atoms with Crippen molar-refractivity contribution < 1.29 is 4.79 Å². The van der Waals surface area contributed by atoms with E-state index in [-0.39, 0.29) is 5.91 Å². The molecule has 3 aromatic heterocycles. The van der Waals surface area contributed by atoms with Gasteiger partial charge in [0.15, 0.2) is 0 Å². The molecule has 6 aromatic rings. The van der Waals surface area contributed by atoms with E-state index in [0.29, 0.717) is 17.8 Å². The number of nitriles is 1. The molecular formula is C33H28N6O. The highest BCUT2D eigenvalue weighted by Gasteiger charge is 2.17. The lowest BCUT2D eigenvalue weighted by Crippen LogP contribution is -2.05. The van der Waals surface area contributed by atoms with E-state index in [4.69, 9.17) is 10.1 Å². The van der Waals surface area contributed by atoms with Gasteiger partial charge in [-0.3, -0.25) is 19.4 Å². The second-order valence-corrected chi connectivity index (χ2v) is 9.07. The molecule has 196 valence electrons. The normalized spacial score (nSPS) is 10.6. The molecule has 1 amide bonds. The number of rotatable bonds is 5. The third-order valence-corrected chi connectivity index (χ3v) is 6.44. The van der Waals surface area contributed by atoms with Crippen molar-refractivity contribution in [3.05, 3.63) is 109 Å². The Bertz CT molecular complexity index is 1850. The van der Waals surface area contributed by atoms with E-state index in [1.54, 1.807) is 12.4 Å². The van der Waals surface area contributed by atoms with Gasteiger partial charge in [-0.15, -0.1) is 0 Å². The van der Waals surface area contributed by atoms with Crippen molar-refractivity contribution in [2.45, 2.75) is 27.3 Å². The number of amides is 1. The summed E-state index contributed by atoms with van der Waals surface area (Å²) in [7, 11) is 0. The molecule has 0 aliphatic rings. The summed E-state index contributed by atoms with van der Waals surface area (Å²) < 4.78 is 1.98. The summed E-state index contributed by atoms with van der Waals surface area (Å²) in [5.74, 6) is -0.147. The van der Waals surface area contributed by atoms with E-state index in [9.17, 15) is 10.1 Å². The Morgan fingerprint density at radius 1 is 0.900 bits per heavy atom. The van der Waals surface area contributed by atoms with Crippen molar-refractivity contribution in [3.63, 3.8) is 0 Å². The van der Waals surface area contributed by atoms with Crippen LogP contribution in [0.25, 0.3) is 44.2 Å². The number of pyridine rings is 2. The van der Waals surface area contributed by atoms with E-state index in [2.05, 4.69) is 34.6 Å². The van der Waals surface area contributed by atoms with E-state index >= 15 is 0 Å². The number of carbonyl (C=O) groups excluding carboxylic acids is 1. The first-order chi connectivity index (χ1) is 19.6. The number of anilines is 1. The molecule has 3 heterocycles. The van der Waals surface area contributed by atoms with E-state index in [0.717, 1.165) is 49.8 Å². The molecule has 6 rings (SSSR count). The molecular weight excluding hydrogens is 496 g/mol. The minimum atomic E-state index is -0.147. The van der Waals surface area contributed by atoms with Gasteiger partial charge in [-0.25, -0.2) is 0 Å². The molecule has 0 bridgehead atoms. The molecule has 0 aliphatic carbocycles. The van der Waals surface area contributed by atoms with Gasteiger partial charge < -0.3 is 5.32 Å². The van der Waals surface area contributed by atoms with Crippen LogP contribution in [0.2, 0.25) is 0 Å². The molecule has 7 nitrogen and oxygen atoms in total. The molecule has 0 unspecified atom stereocenters. The molecule has 7 heteroatoms. The van der Waals surface area contributed by atoms with Gasteiger partial charge in [0.1, 0.15) is 5.69 Å². The molecule has 0 atom stereocenters. The summed E-state index contributed by atoms with van der Waals surface area (Å²) in [4.78, 5) is 20.6. The van der Waals surface area contributed by atoms with Crippen LogP contribution < -0.4 is 5.32 Å². The predicted octanol–water partition coefficient (Wildman–Crippen LogP) is 7.22. The van der Waals surface area contributed by atoms with Crippen molar-refractivity contribution in [2.24, 2.45) is 0 Å². The Balaban J connectivity index is 0.00000158. The maximum Gasteiger partial charge on any atom is 0.221 e. The van der Waals surface area contributed by atoms with Crippen LogP contribution in [0.1, 0.15) is 31.9 Å². The third-order valence-electron chi connectivity index (χ3n) is 6.44. The first-order valence-electron chi connectivity index (χ1n) is 13.2. The van der Waals surface area contributed by atoms with Crippen LogP contribution in [0.4, 0.5) is 5.69 Å². The van der Waals surface area contributed by atoms with Crippen molar-refractivity contribution in [3.8, 4) is 28.5 Å². The largest absolute Gasteiger partial charge is 0.325 e. The summed E-state index contributed by atoms with van der Waals surface area (Å²) in [5, 5.41) is 19.1. The SMILES string of the molecule is CC.CC(=O)Nc1cncc(-c2ccc3ncc4c(c(-c5ccc(C#N)cc5)nn4Cc4ccccc4)c3c2)c1. The second kappa shape index (κ2) is 11.6. The summed E-state index contributed by atoms with van der Waals surface area (Å²) in [6.45, 7) is 6.08. The van der Waals surface area contributed by atoms with Crippen LogP contribution in [-0.2, 0) is 11.3 Å². The molecule has 40 heavy (non-hydrogen) atoms. The Labute approximate surface area is 232 Å². The molecule has 1 N–H and O–H groups in total. The number of carbonyl (C=O) groups is 1. The Morgan fingerprint density at radius 3 is 2.38 bits per heavy atom. The van der Waals surface area contributed by atoms with Gasteiger partial charge in [-0.05, 0) is 41.5 Å². The molecule has 0 radical (unpaired) electrons. The van der Waals surface area contributed by atoms with Gasteiger partial charge in [0.2, 0.25) is 5.91 Å². The molecule has 0 fully saturated rings. The maximum atomic E-state index is 11.6. The number of hydrogen-bond donors (Lipinski definition) is 1. The number of nitrogens with one attached hydrogen (secondary N) is 1. The standard InChI is InChI=1S/C31H22N6O.C2H6/c1-20(38)35-26-13-25(16-33-17-26)24-11-12-28-27(14-24)30-29(18-34-28)37(19-22-5-3-2-4-6-22)36-31(30)23-9-7-21(15-32)8-10-23;1-2/h2-14,16-18H,19H2,1H3,(H,35,38);1-2H3. The van der Waals surface area contributed by atoms with Gasteiger partial charge in [-0.1, -0.05) is 62.4 Å². The van der Waals surface area contributed by atoms with Crippen LogP contribution in [0, 0.1) is 11.3 Å². The van der Waals surface area contributed by atoms with Gasteiger partial charge in [0.25, 0.3) is 0 Å². The van der Waals surface area contributed by atoms with Crippen LogP contribution in [0.15, 0.2) is 97.5 Å². The number of fused-ring (bicyclic) bond motifs is 3. The number of aromatic nitrogens is 4. The highest BCUT2D eigenvalue weighted by atomic mass is 16.1. The summed E-state index contributed by atoms with van der Waals surface area (Å²) in [6, 6.07) is 27.9. The van der Waals surface area contributed by atoms with Gasteiger partial charge in [0.05, 0.1) is 47.3 Å². The average Bonchev–Trinajstić information content (AvgIpc) is 3.37. The lowest BCUT2D eigenvalue weighted by molar-refractivity contribution is -0.114. The fourth-order valence-electron chi connectivity index (χ4n) is 4.68. The first kappa shape index (κ1) is 26.3. The summed E-state index contributed by atoms with van der Waals surface area (Å²) in [5.41, 5.74) is 7.73. The Hall–Kier alpha value is -5.35. The second-order valence-electron chi connectivity index (χ2n) is 9.07. The molecule has 0 saturated carbocycles. The van der Waals surface area contributed by atoms with Crippen LogP contribution in [-0.4, -0.2) is 25.7 Å². The third kappa shape index (κ3) is 5.29. The molecule has 0 aliphatic heterocycles. The van der Waals surface area contributed by atoms with Crippen molar-refractivity contribution >= 4 is 33.4 Å². The Kier molecular flexibility index (Phi) is 7.61. The fraction of sp³-hybridized carbons (Fsp3) is 0.121. The lowest BCUT2D eigenvalue weighted by Gasteiger charge is -2.08. The lowest BCUT2D eigenvalue weighted by atomic mass is 9.99. The highest BCUT2D eigenvalue weighted by molar-refractivity contribution is 6.12. The number of benzene rings is 3. The summed E-state index contributed by atoms with van der Waals surface area (Å²) in [6.07, 6.45) is 5.28. The van der Waals surface area contributed by atoms with E-state index in [1.807, 2.05) is 85.4 Å². The van der Waals surface area contributed by atoms with E-state index in [1.165, 1.54) is 6.92 Å². The smallest absolute Gasteiger partial charge is 0.221 e. The van der Waals surface area contributed by atoms with Crippen LogP contribution >= 0.6 is 0 Å². The zero-order chi connectivity index (χ0) is 28.1. The monoisotopic (exact) mass is 524 g/mol. The van der Waals surface area contributed by atoms with Gasteiger partial charge in [-0.2, -0.15) is 10.4 Å². The average molecular weight is 525 g/mol. The van der Waals surface area contributed by atoms with E-state index < -0.39 is 0 Å². The number of hydrogen-bond acceptors (Lipinski definition) is 5. The Morgan fingerprint density at radius 2 is 1.65 bits per heavy atom. The van der Waals surface area contributed by atoms with Gasteiger partial charge >= 0.3 is 0 Å². The minimum Gasteiger partial charge on any atom is -0.325 e. The summed E-state index contributed by atoms with van der Waals surface area (Å²) >= 11 is 0. The van der Waals surface area contributed by atoms with Crippen molar-refractivity contribution in [1.29, 1.82) is 5.26 Å². The quantitative estimate of drug-likeness (QED) is 0.257. The topological polar surface area (TPSA) is 96.5 Å². The molecule has 0 saturated heterocycles.